The molecule has 1 aromatic carbocycles. The maximum Gasteiger partial charge on any atom is 0.247 e. The number of rotatable bonds is 6. The van der Waals surface area contributed by atoms with E-state index in [1.807, 2.05) is 6.26 Å². The van der Waals surface area contributed by atoms with Crippen LogP contribution in [-0.2, 0) is 4.79 Å². The lowest BCUT2D eigenvalue weighted by atomic mass is 9.82. The minimum atomic E-state index is -2.81. The first kappa shape index (κ1) is 22.2. The van der Waals surface area contributed by atoms with Crippen LogP contribution in [0.1, 0.15) is 13.3 Å². The molecule has 0 saturated carbocycles. The van der Waals surface area contributed by atoms with Gasteiger partial charge < -0.3 is 15.0 Å². The predicted molar refractivity (Wildman–Crippen MR) is 107 cm³/mol. The summed E-state index contributed by atoms with van der Waals surface area (Å²) in [6.07, 6.45) is 0.486. The van der Waals surface area contributed by atoms with E-state index in [4.69, 9.17) is 4.74 Å². The molecule has 1 N–H and O–H groups in total. The van der Waals surface area contributed by atoms with Crippen molar-refractivity contribution in [2.75, 3.05) is 30.1 Å². The summed E-state index contributed by atoms with van der Waals surface area (Å²) in [6.45, 7) is 1.36. The smallest absolute Gasteiger partial charge is 0.247 e. The van der Waals surface area contributed by atoms with Crippen molar-refractivity contribution in [2.45, 2.75) is 30.8 Å². The molecule has 1 fully saturated rings. The summed E-state index contributed by atoms with van der Waals surface area (Å²) in [5.41, 5.74) is -1.25. The van der Waals surface area contributed by atoms with Crippen LogP contribution < -0.4 is 15.0 Å². The first-order chi connectivity index (χ1) is 14.2. The van der Waals surface area contributed by atoms with Crippen LogP contribution in [0.5, 0.6) is 5.75 Å². The summed E-state index contributed by atoms with van der Waals surface area (Å²) in [6, 6.07) is 3.96. The maximum absolute atomic E-state index is 14.2. The van der Waals surface area contributed by atoms with Crippen LogP contribution in [0, 0.1) is 17.0 Å². The highest BCUT2D eigenvalue weighted by Crippen LogP contribution is 2.47. The van der Waals surface area contributed by atoms with E-state index >= 15 is 0 Å². The Labute approximate surface area is 175 Å². The minimum absolute atomic E-state index is 0.0166. The van der Waals surface area contributed by atoms with Crippen molar-refractivity contribution in [3.8, 4) is 5.75 Å². The standard InChI is InChI=1S/C20H21F4N3O2S/c1-20(19(23)24)7-9-27(13-5-4-12(21)15(22)16(13)29-2)17(20)18(28)26-11-6-8-25-14(10-11)30-3/h4-6,8,10,17,19H,7,9H2,1-3H3,(H,25,26,28). The van der Waals surface area contributed by atoms with E-state index in [-0.39, 0.29) is 18.7 Å². The van der Waals surface area contributed by atoms with Crippen LogP contribution in [0.2, 0.25) is 0 Å². The second-order valence-corrected chi connectivity index (χ2v) is 7.97. The number of methoxy groups -OCH3 is 1. The van der Waals surface area contributed by atoms with Crippen LogP contribution in [0.15, 0.2) is 35.5 Å². The molecular formula is C20H21F4N3O2S. The van der Waals surface area contributed by atoms with Crippen molar-refractivity contribution in [1.82, 2.24) is 4.98 Å². The number of halogens is 4. The van der Waals surface area contributed by atoms with Gasteiger partial charge in [0.25, 0.3) is 0 Å². The maximum atomic E-state index is 14.2. The summed E-state index contributed by atoms with van der Waals surface area (Å²) >= 11 is 1.37. The van der Waals surface area contributed by atoms with Gasteiger partial charge in [-0.3, -0.25) is 4.79 Å². The minimum Gasteiger partial charge on any atom is -0.491 e. The third-order valence-electron chi connectivity index (χ3n) is 5.33. The number of pyridine rings is 1. The predicted octanol–water partition coefficient (Wildman–Crippen LogP) is 4.58. The number of anilines is 2. The van der Waals surface area contributed by atoms with Gasteiger partial charge in [-0.1, -0.05) is 6.92 Å². The molecule has 1 aromatic heterocycles. The van der Waals surface area contributed by atoms with Crippen molar-refractivity contribution in [1.29, 1.82) is 0 Å². The van der Waals surface area contributed by atoms with Gasteiger partial charge in [0.1, 0.15) is 6.04 Å². The van der Waals surface area contributed by atoms with Crippen LogP contribution >= 0.6 is 11.8 Å². The molecule has 2 atom stereocenters. The third-order valence-corrected chi connectivity index (χ3v) is 5.97. The number of amides is 1. The number of nitrogens with zero attached hydrogens (tertiary/aromatic N) is 2. The molecule has 2 heterocycles. The van der Waals surface area contributed by atoms with Gasteiger partial charge in [0, 0.05) is 18.4 Å². The average molecular weight is 443 g/mol. The quantitative estimate of drug-likeness (QED) is 0.523. The average Bonchev–Trinajstić information content (AvgIpc) is 3.08. The number of carbonyl (C=O) groups is 1. The molecule has 2 unspecified atom stereocenters. The topological polar surface area (TPSA) is 54.5 Å². The van der Waals surface area contributed by atoms with Crippen molar-refractivity contribution in [2.24, 2.45) is 5.41 Å². The second kappa shape index (κ2) is 8.71. The van der Waals surface area contributed by atoms with Gasteiger partial charge in [-0.25, -0.2) is 18.2 Å². The molecule has 1 saturated heterocycles. The molecule has 0 aliphatic carbocycles. The molecule has 5 nitrogen and oxygen atoms in total. The van der Waals surface area contributed by atoms with Gasteiger partial charge in [-0.15, -0.1) is 11.8 Å². The van der Waals surface area contributed by atoms with Crippen LogP contribution in [0.4, 0.5) is 28.9 Å². The van der Waals surface area contributed by atoms with Crippen LogP contribution in [0.3, 0.4) is 0 Å². The molecule has 10 heteroatoms. The Hall–Kier alpha value is -2.49. The van der Waals surface area contributed by atoms with E-state index in [0.717, 1.165) is 13.2 Å². The van der Waals surface area contributed by atoms with Crippen molar-refractivity contribution in [3.63, 3.8) is 0 Å². The Morgan fingerprint density at radius 3 is 2.73 bits per heavy atom. The molecular weight excluding hydrogens is 422 g/mol. The highest BCUT2D eigenvalue weighted by atomic mass is 32.2. The molecule has 162 valence electrons. The van der Waals surface area contributed by atoms with E-state index in [0.29, 0.717) is 10.7 Å². The second-order valence-electron chi connectivity index (χ2n) is 7.14. The third kappa shape index (κ3) is 3.92. The van der Waals surface area contributed by atoms with Crippen molar-refractivity contribution < 1.29 is 27.1 Å². The number of ether oxygens (including phenoxy) is 1. The largest absolute Gasteiger partial charge is 0.491 e. The SMILES string of the molecule is COc1c(N2CCC(C)(C(F)F)C2C(=O)Nc2ccnc(SC)c2)ccc(F)c1F. The lowest BCUT2D eigenvalue weighted by Crippen LogP contribution is -2.50. The van der Waals surface area contributed by atoms with Gasteiger partial charge in [0.2, 0.25) is 18.1 Å². The summed E-state index contributed by atoms with van der Waals surface area (Å²) in [5, 5.41) is 3.30. The zero-order chi connectivity index (χ0) is 22.1. The Morgan fingerprint density at radius 1 is 1.37 bits per heavy atom. The molecule has 0 bridgehead atoms. The highest BCUT2D eigenvalue weighted by molar-refractivity contribution is 7.98. The van der Waals surface area contributed by atoms with E-state index in [1.54, 1.807) is 12.1 Å². The molecule has 3 rings (SSSR count). The number of alkyl halides is 2. The van der Waals surface area contributed by atoms with E-state index in [1.165, 1.54) is 35.8 Å². The van der Waals surface area contributed by atoms with Crippen LogP contribution in [0.25, 0.3) is 0 Å². The van der Waals surface area contributed by atoms with Gasteiger partial charge in [-0.05, 0) is 36.9 Å². The Morgan fingerprint density at radius 2 is 2.10 bits per heavy atom. The zero-order valence-corrected chi connectivity index (χ0v) is 17.4. The fourth-order valence-corrected chi connectivity index (χ4v) is 4.07. The number of aromatic nitrogens is 1. The number of hydrogen-bond acceptors (Lipinski definition) is 5. The van der Waals surface area contributed by atoms with Crippen molar-refractivity contribution in [3.05, 3.63) is 42.1 Å². The van der Waals surface area contributed by atoms with Gasteiger partial charge >= 0.3 is 0 Å². The summed E-state index contributed by atoms with van der Waals surface area (Å²) in [4.78, 5) is 18.6. The Bertz CT molecular complexity index is 946. The first-order valence-electron chi connectivity index (χ1n) is 9.10. The molecule has 1 aliphatic heterocycles. The molecule has 2 aromatic rings. The Kier molecular flexibility index (Phi) is 6.44. The number of carbonyl (C=O) groups excluding carboxylic acids is 1. The Balaban J connectivity index is 2.02. The van der Waals surface area contributed by atoms with E-state index in [9.17, 15) is 22.4 Å². The summed E-state index contributed by atoms with van der Waals surface area (Å²) < 4.78 is 60.9. The van der Waals surface area contributed by atoms with E-state index in [2.05, 4.69) is 10.3 Å². The number of benzene rings is 1. The van der Waals surface area contributed by atoms with Gasteiger partial charge in [0.15, 0.2) is 11.6 Å². The lowest BCUT2D eigenvalue weighted by Gasteiger charge is -2.35. The monoisotopic (exact) mass is 443 g/mol. The number of hydrogen-bond donors (Lipinski definition) is 1. The van der Waals surface area contributed by atoms with E-state index < -0.39 is 41.2 Å². The highest BCUT2D eigenvalue weighted by Gasteiger charge is 2.54. The normalized spacial score (nSPS) is 21.2. The van der Waals surface area contributed by atoms with Crippen LogP contribution in [-0.4, -0.2) is 43.3 Å². The molecule has 1 amide bonds. The number of thioether (sulfide) groups is 1. The molecule has 0 radical (unpaired) electrons. The molecule has 30 heavy (non-hydrogen) atoms. The van der Waals surface area contributed by atoms with Gasteiger partial charge in [0.05, 0.1) is 23.2 Å². The molecule has 1 aliphatic rings. The lowest BCUT2D eigenvalue weighted by molar-refractivity contribution is -0.122. The molecule has 0 spiro atoms. The number of nitrogens with one attached hydrogen (secondary N) is 1. The summed E-state index contributed by atoms with van der Waals surface area (Å²) in [5.74, 6) is -3.48. The first-order valence-corrected chi connectivity index (χ1v) is 10.3. The summed E-state index contributed by atoms with van der Waals surface area (Å²) in [7, 11) is 1.15. The zero-order valence-electron chi connectivity index (χ0n) is 16.6. The fraction of sp³-hybridized carbons (Fsp3) is 0.400. The fourth-order valence-electron chi connectivity index (χ4n) is 3.66. The van der Waals surface area contributed by atoms with Crippen molar-refractivity contribution >= 4 is 29.0 Å². The van der Waals surface area contributed by atoms with Gasteiger partial charge in [-0.2, -0.15) is 4.39 Å².